The van der Waals surface area contributed by atoms with Gasteiger partial charge in [-0.2, -0.15) is 0 Å². The molecule has 0 atom stereocenters. The van der Waals surface area contributed by atoms with Crippen molar-refractivity contribution in [1.29, 1.82) is 0 Å². The van der Waals surface area contributed by atoms with Crippen molar-refractivity contribution in [3.05, 3.63) is 22.4 Å². The van der Waals surface area contributed by atoms with Gasteiger partial charge < -0.3 is 9.31 Å². The molecular weight excluding hydrogens is 281 g/mol. The molecule has 92 valence electrons. The minimum atomic E-state index is -0.336. The van der Waals surface area contributed by atoms with E-state index in [-0.39, 0.29) is 18.3 Å². The number of rotatable bonds is 1. The molecule has 0 saturated carbocycles. The lowest BCUT2D eigenvalue weighted by Gasteiger charge is -2.32. The summed E-state index contributed by atoms with van der Waals surface area (Å²) in [6, 6.07) is 0. The molecule has 0 bridgehead atoms. The van der Waals surface area contributed by atoms with Crippen LogP contribution in [0.3, 0.4) is 0 Å². The number of hydrogen-bond acceptors (Lipinski definition) is 3. The van der Waals surface area contributed by atoms with E-state index in [0.717, 1.165) is 15.5 Å². The van der Waals surface area contributed by atoms with Gasteiger partial charge in [0.2, 0.25) is 0 Å². The molecule has 0 aliphatic carbocycles. The Hall–Kier alpha value is -0.385. The molecule has 17 heavy (non-hydrogen) atoms. The fourth-order valence-corrected chi connectivity index (χ4v) is 2.42. The van der Waals surface area contributed by atoms with Crippen molar-refractivity contribution in [2.75, 3.05) is 0 Å². The van der Waals surface area contributed by atoms with Crippen LogP contribution in [0.4, 0.5) is 0 Å². The summed E-state index contributed by atoms with van der Waals surface area (Å²) in [5.74, 6) is 0. The van der Waals surface area contributed by atoms with Crippen molar-refractivity contribution in [2.45, 2.75) is 45.8 Å². The van der Waals surface area contributed by atoms with E-state index in [1.807, 2.05) is 13.1 Å². The van der Waals surface area contributed by atoms with E-state index >= 15 is 0 Å². The van der Waals surface area contributed by atoms with Crippen molar-refractivity contribution in [3.8, 4) is 0 Å². The van der Waals surface area contributed by atoms with Crippen LogP contribution in [-0.4, -0.2) is 23.3 Å². The highest BCUT2D eigenvalue weighted by atomic mass is 79.9. The van der Waals surface area contributed by atoms with Crippen LogP contribution >= 0.6 is 15.9 Å². The summed E-state index contributed by atoms with van der Waals surface area (Å²) in [4.78, 5) is 4.13. The third-order valence-electron chi connectivity index (χ3n) is 3.63. The maximum absolute atomic E-state index is 6.03. The van der Waals surface area contributed by atoms with Crippen molar-refractivity contribution in [3.63, 3.8) is 0 Å². The Labute approximate surface area is 111 Å². The molecule has 0 N–H and O–H groups in total. The van der Waals surface area contributed by atoms with Gasteiger partial charge >= 0.3 is 7.12 Å². The van der Waals surface area contributed by atoms with E-state index < -0.39 is 0 Å². The standard InChI is InChI=1S/C12H17BBrNO2/c1-8-6-15-7-9(14)10(8)13-16-11(2,3)12(4,5)17-13/h6-7H,1-5H3. The highest BCUT2D eigenvalue weighted by molar-refractivity contribution is 9.10. The first-order valence-corrected chi connectivity index (χ1v) is 6.49. The molecule has 0 radical (unpaired) electrons. The minimum Gasteiger partial charge on any atom is -0.399 e. The Morgan fingerprint density at radius 3 is 2.12 bits per heavy atom. The SMILES string of the molecule is Cc1cncc(Br)c1B1OC(C)(C)C(C)(C)O1. The molecule has 0 unspecified atom stereocenters. The van der Waals surface area contributed by atoms with Crippen LogP contribution < -0.4 is 5.46 Å². The van der Waals surface area contributed by atoms with E-state index in [4.69, 9.17) is 9.31 Å². The predicted octanol–water partition coefficient (Wildman–Crippen LogP) is 2.45. The average molecular weight is 298 g/mol. The zero-order chi connectivity index (χ0) is 12.8. The predicted molar refractivity (Wildman–Crippen MR) is 72.4 cm³/mol. The molecule has 2 heterocycles. The minimum absolute atomic E-state index is 0.313. The summed E-state index contributed by atoms with van der Waals surface area (Å²) in [5.41, 5.74) is 1.47. The zero-order valence-corrected chi connectivity index (χ0v) is 12.5. The summed E-state index contributed by atoms with van der Waals surface area (Å²) < 4.78 is 13.0. The van der Waals surface area contributed by atoms with Gasteiger partial charge in [-0.1, -0.05) is 0 Å². The fourth-order valence-electron chi connectivity index (χ4n) is 1.80. The highest BCUT2D eigenvalue weighted by Gasteiger charge is 2.52. The van der Waals surface area contributed by atoms with Gasteiger partial charge in [-0.05, 0) is 56.1 Å². The molecule has 3 nitrogen and oxygen atoms in total. The first-order valence-electron chi connectivity index (χ1n) is 5.70. The molecule has 1 aromatic heterocycles. The number of halogens is 1. The summed E-state index contributed by atoms with van der Waals surface area (Å²) in [5, 5.41) is 0. The monoisotopic (exact) mass is 297 g/mol. The summed E-state index contributed by atoms with van der Waals surface area (Å²) in [6.07, 6.45) is 3.60. The maximum atomic E-state index is 6.03. The van der Waals surface area contributed by atoms with Crippen LogP contribution in [0.2, 0.25) is 0 Å². The second-order valence-electron chi connectivity index (χ2n) is 5.44. The molecular formula is C12H17BBrNO2. The second kappa shape index (κ2) is 4.07. The van der Waals surface area contributed by atoms with Crippen LogP contribution in [0.15, 0.2) is 16.9 Å². The number of pyridine rings is 1. The third kappa shape index (κ3) is 2.16. The molecule has 0 aromatic carbocycles. The first-order chi connectivity index (χ1) is 7.74. The van der Waals surface area contributed by atoms with Crippen molar-refractivity contribution < 1.29 is 9.31 Å². The average Bonchev–Trinajstić information content (AvgIpc) is 2.35. The van der Waals surface area contributed by atoms with Gasteiger partial charge in [0.25, 0.3) is 0 Å². The Kier molecular flexibility index (Phi) is 3.13. The van der Waals surface area contributed by atoms with Crippen LogP contribution in [-0.2, 0) is 9.31 Å². The number of hydrogen-bond donors (Lipinski definition) is 0. The largest absolute Gasteiger partial charge is 0.496 e. The Balaban J connectivity index is 2.39. The van der Waals surface area contributed by atoms with Crippen molar-refractivity contribution in [1.82, 2.24) is 4.98 Å². The summed E-state index contributed by atoms with van der Waals surface area (Å²) >= 11 is 3.51. The summed E-state index contributed by atoms with van der Waals surface area (Å²) in [7, 11) is -0.336. The van der Waals surface area contributed by atoms with Gasteiger partial charge in [-0.25, -0.2) is 0 Å². The lowest BCUT2D eigenvalue weighted by molar-refractivity contribution is 0.00578. The van der Waals surface area contributed by atoms with Gasteiger partial charge in [-0.3, -0.25) is 4.98 Å². The molecule has 1 aliphatic rings. The van der Waals surface area contributed by atoms with E-state index in [0.29, 0.717) is 0 Å². The van der Waals surface area contributed by atoms with Crippen molar-refractivity contribution >= 4 is 28.5 Å². The zero-order valence-electron chi connectivity index (χ0n) is 10.9. The molecule has 1 saturated heterocycles. The first kappa shape index (κ1) is 13.1. The van der Waals surface area contributed by atoms with Crippen LogP contribution in [0.5, 0.6) is 0 Å². The topological polar surface area (TPSA) is 31.4 Å². The number of nitrogens with zero attached hydrogens (tertiary/aromatic N) is 1. The second-order valence-corrected chi connectivity index (χ2v) is 6.29. The van der Waals surface area contributed by atoms with E-state index in [1.54, 1.807) is 6.20 Å². The lowest BCUT2D eigenvalue weighted by atomic mass is 9.77. The van der Waals surface area contributed by atoms with Gasteiger partial charge in [0, 0.05) is 22.3 Å². The van der Waals surface area contributed by atoms with Crippen molar-refractivity contribution in [2.24, 2.45) is 0 Å². The Morgan fingerprint density at radius 2 is 1.65 bits per heavy atom. The highest BCUT2D eigenvalue weighted by Crippen LogP contribution is 2.37. The van der Waals surface area contributed by atoms with E-state index in [2.05, 4.69) is 48.6 Å². The molecule has 1 fully saturated rings. The van der Waals surface area contributed by atoms with E-state index in [1.165, 1.54) is 0 Å². The van der Waals surface area contributed by atoms with Gasteiger partial charge in [0.05, 0.1) is 11.2 Å². The third-order valence-corrected chi connectivity index (χ3v) is 4.26. The fraction of sp³-hybridized carbons (Fsp3) is 0.583. The van der Waals surface area contributed by atoms with Crippen LogP contribution in [0, 0.1) is 6.92 Å². The number of aryl methyl sites for hydroxylation is 1. The number of aromatic nitrogens is 1. The van der Waals surface area contributed by atoms with E-state index in [9.17, 15) is 0 Å². The van der Waals surface area contributed by atoms with Gasteiger partial charge in [0.15, 0.2) is 0 Å². The Bertz CT molecular complexity index is 412. The smallest absolute Gasteiger partial charge is 0.399 e. The molecule has 1 aromatic rings. The van der Waals surface area contributed by atoms with Gasteiger partial charge in [-0.15, -0.1) is 0 Å². The molecule has 1 aliphatic heterocycles. The molecule has 5 heteroatoms. The Morgan fingerprint density at radius 1 is 1.12 bits per heavy atom. The maximum Gasteiger partial charge on any atom is 0.496 e. The van der Waals surface area contributed by atoms with Crippen LogP contribution in [0.1, 0.15) is 33.3 Å². The molecule has 0 amide bonds. The molecule has 0 spiro atoms. The summed E-state index contributed by atoms with van der Waals surface area (Å²) in [6.45, 7) is 10.2. The lowest BCUT2D eigenvalue weighted by Crippen LogP contribution is -2.41. The van der Waals surface area contributed by atoms with Gasteiger partial charge in [0.1, 0.15) is 0 Å². The van der Waals surface area contributed by atoms with Crippen LogP contribution in [0.25, 0.3) is 0 Å². The normalized spacial score (nSPS) is 21.9. The molecule has 2 rings (SSSR count). The quantitative estimate of drug-likeness (QED) is 0.746.